The second-order valence-corrected chi connectivity index (χ2v) is 9.41. The fourth-order valence-electron chi connectivity index (χ4n) is 5.21. The standard InChI is InChI=1S/C24H44O4/c1-5-9-11-19(7-3)17-23(21(25)26)13-15-24(16-14-23,22(27)28)18-20(8-4)12-10-6-2/h19-20H,5-18H2,1-4H3,(H,25,26)(H,27,28). The summed E-state index contributed by atoms with van der Waals surface area (Å²) in [5.41, 5.74) is -1.45. The minimum absolute atomic E-state index is 0.432. The van der Waals surface area contributed by atoms with Gasteiger partial charge in [0.05, 0.1) is 10.8 Å². The van der Waals surface area contributed by atoms with Gasteiger partial charge in [0.15, 0.2) is 0 Å². The molecule has 0 spiro atoms. The van der Waals surface area contributed by atoms with Gasteiger partial charge < -0.3 is 10.2 Å². The Labute approximate surface area is 172 Å². The van der Waals surface area contributed by atoms with E-state index in [1.807, 2.05) is 0 Å². The third kappa shape index (κ3) is 6.49. The van der Waals surface area contributed by atoms with Crippen molar-refractivity contribution < 1.29 is 19.8 Å². The molecular weight excluding hydrogens is 352 g/mol. The molecule has 0 amide bonds. The van der Waals surface area contributed by atoms with Gasteiger partial charge in [-0.3, -0.25) is 9.59 Å². The molecule has 4 heteroatoms. The highest BCUT2D eigenvalue weighted by Crippen LogP contribution is 2.52. The van der Waals surface area contributed by atoms with Crippen LogP contribution in [0.5, 0.6) is 0 Å². The number of hydrogen-bond acceptors (Lipinski definition) is 2. The predicted octanol–water partition coefficient (Wildman–Crippen LogP) is 6.92. The Morgan fingerprint density at radius 1 is 0.714 bits per heavy atom. The van der Waals surface area contributed by atoms with Crippen LogP contribution < -0.4 is 0 Å². The van der Waals surface area contributed by atoms with E-state index in [1.165, 1.54) is 0 Å². The molecule has 1 fully saturated rings. The summed E-state index contributed by atoms with van der Waals surface area (Å²) in [4.78, 5) is 24.5. The SMILES string of the molecule is CCCCC(CC)CC1(C(=O)O)CCC(CC(CC)CCCC)(C(=O)O)CC1. The minimum atomic E-state index is -0.724. The number of aliphatic carboxylic acids is 2. The molecule has 0 radical (unpaired) electrons. The molecule has 4 nitrogen and oxygen atoms in total. The number of carbonyl (C=O) groups is 2. The molecule has 2 N–H and O–H groups in total. The molecule has 1 saturated carbocycles. The Morgan fingerprint density at radius 3 is 1.25 bits per heavy atom. The smallest absolute Gasteiger partial charge is 0.309 e. The zero-order chi connectivity index (χ0) is 21.2. The summed E-state index contributed by atoms with van der Waals surface area (Å²) in [6, 6.07) is 0. The lowest BCUT2D eigenvalue weighted by molar-refractivity contribution is -0.163. The van der Waals surface area contributed by atoms with Crippen LogP contribution in [0.2, 0.25) is 0 Å². The second-order valence-electron chi connectivity index (χ2n) is 9.41. The van der Waals surface area contributed by atoms with Gasteiger partial charge in [0.2, 0.25) is 0 Å². The third-order valence-electron chi connectivity index (χ3n) is 7.52. The van der Waals surface area contributed by atoms with Gasteiger partial charge in [-0.2, -0.15) is 0 Å². The van der Waals surface area contributed by atoms with E-state index in [1.54, 1.807) is 0 Å². The van der Waals surface area contributed by atoms with E-state index >= 15 is 0 Å². The van der Waals surface area contributed by atoms with Crippen LogP contribution in [0.4, 0.5) is 0 Å². The zero-order valence-corrected chi connectivity index (χ0v) is 18.8. The van der Waals surface area contributed by atoms with Gasteiger partial charge in [0, 0.05) is 0 Å². The van der Waals surface area contributed by atoms with Crippen LogP contribution in [0.3, 0.4) is 0 Å². The van der Waals surface area contributed by atoms with Crippen LogP contribution in [0.15, 0.2) is 0 Å². The summed E-state index contributed by atoms with van der Waals surface area (Å²) in [6.07, 6.45) is 12.2. The van der Waals surface area contributed by atoms with Crippen molar-refractivity contribution in [3.05, 3.63) is 0 Å². The first-order valence-electron chi connectivity index (χ1n) is 11.8. The number of hydrogen-bond donors (Lipinski definition) is 2. The fraction of sp³-hybridized carbons (Fsp3) is 0.917. The molecule has 1 aliphatic rings. The summed E-state index contributed by atoms with van der Waals surface area (Å²) < 4.78 is 0. The molecule has 0 aliphatic heterocycles. The van der Waals surface area contributed by atoms with Crippen LogP contribution >= 0.6 is 0 Å². The average molecular weight is 397 g/mol. The van der Waals surface area contributed by atoms with E-state index in [0.29, 0.717) is 50.4 Å². The van der Waals surface area contributed by atoms with Crippen molar-refractivity contribution in [2.45, 2.75) is 118 Å². The van der Waals surface area contributed by atoms with Crippen LogP contribution in [0, 0.1) is 22.7 Å². The summed E-state index contributed by atoms with van der Waals surface area (Å²) in [5, 5.41) is 20.1. The molecule has 1 rings (SSSR count). The van der Waals surface area contributed by atoms with Gasteiger partial charge in [-0.05, 0) is 50.4 Å². The van der Waals surface area contributed by atoms with Crippen molar-refractivity contribution in [1.29, 1.82) is 0 Å². The first-order valence-corrected chi connectivity index (χ1v) is 11.8. The monoisotopic (exact) mass is 396 g/mol. The predicted molar refractivity (Wildman–Crippen MR) is 114 cm³/mol. The lowest BCUT2D eigenvalue weighted by atomic mass is 9.58. The Kier molecular flexibility index (Phi) is 10.5. The van der Waals surface area contributed by atoms with Gasteiger partial charge in [-0.25, -0.2) is 0 Å². The number of carboxylic acids is 2. The van der Waals surface area contributed by atoms with Crippen LogP contribution in [0.1, 0.15) is 118 Å². The average Bonchev–Trinajstić information content (AvgIpc) is 2.69. The molecular formula is C24H44O4. The highest BCUT2D eigenvalue weighted by molar-refractivity contribution is 5.78. The Hall–Kier alpha value is -1.06. The van der Waals surface area contributed by atoms with Crippen molar-refractivity contribution >= 4 is 11.9 Å². The maximum absolute atomic E-state index is 12.3. The van der Waals surface area contributed by atoms with Crippen LogP contribution in [-0.2, 0) is 9.59 Å². The van der Waals surface area contributed by atoms with Crippen molar-refractivity contribution in [2.75, 3.05) is 0 Å². The molecule has 2 unspecified atom stereocenters. The van der Waals surface area contributed by atoms with Crippen molar-refractivity contribution in [2.24, 2.45) is 22.7 Å². The largest absolute Gasteiger partial charge is 0.481 e. The molecule has 28 heavy (non-hydrogen) atoms. The maximum Gasteiger partial charge on any atom is 0.309 e. The topological polar surface area (TPSA) is 74.6 Å². The van der Waals surface area contributed by atoms with Crippen LogP contribution in [0.25, 0.3) is 0 Å². The summed E-state index contributed by atoms with van der Waals surface area (Å²) in [7, 11) is 0. The van der Waals surface area contributed by atoms with Crippen LogP contribution in [-0.4, -0.2) is 22.2 Å². The van der Waals surface area contributed by atoms with Crippen molar-refractivity contribution in [1.82, 2.24) is 0 Å². The number of carboxylic acid groups (broad SMARTS) is 2. The van der Waals surface area contributed by atoms with E-state index < -0.39 is 22.8 Å². The molecule has 0 heterocycles. The van der Waals surface area contributed by atoms with Gasteiger partial charge >= 0.3 is 11.9 Å². The molecule has 0 bridgehead atoms. The van der Waals surface area contributed by atoms with Gasteiger partial charge in [-0.1, -0.05) is 79.1 Å². The zero-order valence-electron chi connectivity index (χ0n) is 18.8. The molecule has 0 aromatic heterocycles. The van der Waals surface area contributed by atoms with Crippen molar-refractivity contribution in [3.63, 3.8) is 0 Å². The molecule has 0 aromatic carbocycles. The first-order chi connectivity index (χ1) is 13.3. The highest BCUT2D eigenvalue weighted by Gasteiger charge is 2.51. The van der Waals surface area contributed by atoms with Gasteiger partial charge in [0.25, 0.3) is 0 Å². The lowest BCUT2D eigenvalue weighted by Crippen LogP contribution is -2.45. The molecule has 164 valence electrons. The Balaban J connectivity index is 2.91. The van der Waals surface area contributed by atoms with Gasteiger partial charge in [-0.15, -0.1) is 0 Å². The minimum Gasteiger partial charge on any atom is -0.481 e. The van der Waals surface area contributed by atoms with E-state index in [9.17, 15) is 19.8 Å². The quantitative estimate of drug-likeness (QED) is 0.334. The number of unbranched alkanes of at least 4 members (excludes halogenated alkanes) is 2. The van der Waals surface area contributed by atoms with Crippen molar-refractivity contribution in [3.8, 4) is 0 Å². The van der Waals surface area contributed by atoms with Gasteiger partial charge in [0.1, 0.15) is 0 Å². The summed E-state index contributed by atoms with van der Waals surface area (Å²) >= 11 is 0. The molecule has 0 aromatic rings. The summed E-state index contributed by atoms with van der Waals surface area (Å²) in [5.74, 6) is -0.554. The summed E-state index contributed by atoms with van der Waals surface area (Å²) in [6.45, 7) is 8.65. The van der Waals surface area contributed by atoms with E-state index in [-0.39, 0.29) is 0 Å². The highest BCUT2D eigenvalue weighted by atomic mass is 16.4. The Morgan fingerprint density at radius 2 is 1.04 bits per heavy atom. The fourth-order valence-corrected chi connectivity index (χ4v) is 5.21. The Bertz CT molecular complexity index is 433. The molecule has 2 atom stereocenters. The second kappa shape index (κ2) is 11.8. The molecule has 0 saturated heterocycles. The van der Waals surface area contributed by atoms with E-state index in [0.717, 1.165) is 51.4 Å². The number of rotatable bonds is 14. The molecule has 1 aliphatic carbocycles. The normalized spacial score (nSPS) is 27.3. The van der Waals surface area contributed by atoms with E-state index in [2.05, 4.69) is 27.7 Å². The maximum atomic E-state index is 12.3. The lowest BCUT2D eigenvalue weighted by Gasteiger charge is -2.44. The first kappa shape index (κ1) is 25.0. The van der Waals surface area contributed by atoms with E-state index in [4.69, 9.17) is 0 Å². The third-order valence-corrected chi connectivity index (χ3v) is 7.52.